The summed E-state index contributed by atoms with van der Waals surface area (Å²) >= 11 is 0. The van der Waals surface area contributed by atoms with Gasteiger partial charge in [-0.25, -0.2) is 0 Å². The Labute approximate surface area is 156 Å². The van der Waals surface area contributed by atoms with Gasteiger partial charge < -0.3 is 5.32 Å². The number of benzene rings is 2. The lowest BCUT2D eigenvalue weighted by atomic mass is 10.1. The lowest BCUT2D eigenvalue weighted by molar-refractivity contribution is -0.117. The van der Waals surface area contributed by atoms with Crippen molar-refractivity contribution < 1.29 is 4.79 Å². The molecule has 0 radical (unpaired) electrons. The molecular formula is C24H27NO. The summed E-state index contributed by atoms with van der Waals surface area (Å²) in [5.74, 6) is 1.47. The van der Waals surface area contributed by atoms with Crippen LogP contribution in [-0.2, 0) is 4.79 Å². The smallest absolute Gasteiger partial charge is 0.228 e. The molecule has 4 rings (SSSR count). The van der Waals surface area contributed by atoms with E-state index in [-0.39, 0.29) is 11.8 Å². The minimum absolute atomic E-state index is 0.177. The Morgan fingerprint density at radius 1 is 0.769 bits per heavy atom. The number of amides is 1. The molecule has 2 aromatic rings. The molecular weight excluding hydrogens is 318 g/mol. The van der Waals surface area contributed by atoms with Gasteiger partial charge in [0.05, 0.1) is 0 Å². The molecule has 0 spiro atoms. The largest absolute Gasteiger partial charge is 0.325 e. The zero-order valence-electron chi connectivity index (χ0n) is 15.2. The maximum absolute atomic E-state index is 13.0. The maximum Gasteiger partial charge on any atom is 0.228 e. The normalized spacial score (nSPS) is 28.2. The van der Waals surface area contributed by atoms with E-state index < -0.39 is 0 Å². The van der Waals surface area contributed by atoms with Gasteiger partial charge in [0, 0.05) is 17.0 Å². The Morgan fingerprint density at radius 2 is 1.38 bits per heavy atom. The van der Waals surface area contributed by atoms with Gasteiger partial charge >= 0.3 is 0 Å². The Bertz CT molecular complexity index is 806. The number of fused-ring (bicyclic) bond motifs is 2. The van der Waals surface area contributed by atoms with Crippen LogP contribution in [0.15, 0.2) is 66.8 Å². The van der Waals surface area contributed by atoms with Crippen LogP contribution in [0.2, 0.25) is 0 Å². The first-order valence-electron chi connectivity index (χ1n) is 9.93. The molecule has 1 amide bonds. The highest BCUT2D eigenvalue weighted by Gasteiger charge is 2.52. The highest BCUT2D eigenvalue weighted by atomic mass is 16.2. The number of carbonyl (C=O) groups excluding carboxylic acids is 1. The maximum atomic E-state index is 13.0. The molecule has 3 atom stereocenters. The summed E-state index contributed by atoms with van der Waals surface area (Å²) in [7, 11) is 0. The Morgan fingerprint density at radius 3 is 2.12 bits per heavy atom. The summed E-state index contributed by atoms with van der Waals surface area (Å²) < 4.78 is 0. The third kappa shape index (κ3) is 3.75. The van der Waals surface area contributed by atoms with Crippen molar-refractivity contribution in [1.29, 1.82) is 0 Å². The summed E-state index contributed by atoms with van der Waals surface area (Å²) in [6, 6.07) is 14.4. The van der Waals surface area contributed by atoms with Crippen molar-refractivity contribution in [2.45, 2.75) is 38.5 Å². The van der Waals surface area contributed by atoms with Gasteiger partial charge in [-0.15, -0.1) is 0 Å². The molecule has 0 saturated heterocycles. The van der Waals surface area contributed by atoms with Crippen LogP contribution in [-0.4, -0.2) is 5.91 Å². The summed E-state index contributed by atoms with van der Waals surface area (Å²) in [5.41, 5.74) is 0.940. The Balaban J connectivity index is 1.47. The second-order valence-corrected chi connectivity index (χ2v) is 7.54. The van der Waals surface area contributed by atoms with Gasteiger partial charge in [-0.3, -0.25) is 4.79 Å². The quantitative estimate of drug-likeness (QED) is 0.654. The van der Waals surface area contributed by atoms with E-state index in [1.54, 1.807) is 0 Å². The first-order valence-corrected chi connectivity index (χ1v) is 9.93. The van der Waals surface area contributed by atoms with E-state index in [0.717, 1.165) is 49.6 Å². The molecule has 2 aliphatic carbocycles. The fourth-order valence-corrected chi connectivity index (χ4v) is 4.41. The van der Waals surface area contributed by atoms with Crippen LogP contribution in [0.1, 0.15) is 38.5 Å². The van der Waals surface area contributed by atoms with Gasteiger partial charge in [0.15, 0.2) is 0 Å². The second-order valence-electron chi connectivity index (χ2n) is 7.54. The van der Waals surface area contributed by atoms with E-state index in [0.29, 0.717) is 11.8 Å². The SMILES string of the molecule is O=C(Nc1cccc2ccccc12)C1[C@H]2CC/C=C/CC/C=C/CC[C@@H]12. The van der Waals surface area contributed by atoms with Crippen molar-refractivity contribution in [3.63, 3.8) is 0 Å². The van der Waals surface area contributed by atoms with E-state index in [2.05, 4.69) is 47.8 Å². The van der Waals surface area contributed by atoms with Crippen LogP contribution >= 0.6 is 0 Å². The average Bonchev–Trinajstić information content (AvgIpc) is 3.34. The first-order chi connectivity index (χ1) is 12.8. The summed E-state index contributed by atoms with van der Waals surface area (Å²) in [6.07, 6.45) is 15.9. The third-order valence-electron chi connectivity index (χ3n) is 5.85. The lowest BCUT2D eigenvalue weighted by Gasteiger charge is -2.09. The molecule has 0 aliphatic heterocycles. The van der Waals surface area contributed by atoms with E-state index >= 15 is 0 Å². The molecule has 134 valence electrons. The number of allylic oxidation sites excluding steroid dienone is 4. The van der Waals surface area contributed by atoms with Gasteiger partial charge in [0.2, 0.25) is 5.91 Å². The third-order valence-corrected chi connectivity index (χ3v) is 5.85. The van der Waals surface area contributed by atoms with Crippen LogP contribution in [0.4, 0.5) is 5.69 Å². The molecule has 1 N–H and O–H groups in total. The summed E-state index contributed by atoms with van der Waals surface area (Å²) in [5, 5.41) is 5.51. The molecule has 2 heteroatoms. The fourth-order valence-electron chi connectivity index (χ4n) is 4.41. The summed E-state index contributed by atoms with van der Waals surface area (Å²) in [6.45, 7) is 0. The van der Waals surface area contributed by atoms with Crippen LogP contribution in [0.5, 0.6) is 0 Å². The molecule has 2 nitrogen and oxygen atoms in total. The predicted octanol–water partition coefficient (Wildman–Crippen LogP) is 6.11. The molecule has 1 fully saturated rings. The van der Waals surface area contributed by atoms with Crippen molar-refractivity contribution in [3.8, 4) is 0 Å². The Hall–Kier alpha value is -2.35. The number of carbonyl (C=O) groups is 1. The van der Waals surface area contributed by atoms with Crippen molar-refractivity contribution in [2.75, 3.05) is 5.32 Å². The molecule has 2 aromatic carbocycles. The first kappa shape index (κ1) is 17.1. The van der Waals surface area contributed by atoms with Gasteiger partial charge in [0.25, 0.3) is 0 Å². The van der Waals surface area contributed by atoms with Crippen molar-refractivity contribution in [2.24, 2.45) is 17.8 Å². The minimum atomic E-state index is 0.177. The fraction of sp³-hybridized carbons (Fsp3) is 0.375. The minimum Gasteiger partial charge on any atom is -0.325 e. The van der Waals surface area contributed by atoms with E-state index in [1.807, 2.05) is 24.3 Å². The highest BCUT2D eigenvalue weighted by Crippen LogP contribution is 2.52. The molecule has 0 heterocycles. The van der Waals surface area contributed by atoms with Crippen molar-refractivity contribution >= 4 is 22.4 Å². The molecule has 1 saturated carbocycles. The monoisotopic (exact) mass is 345 g/mol. The number of anilines is 1. The van der Waals surface area contributed by atoms with Crippen LogP contribution in [0, 0.1) is 17.8 Å². The topological polar surface area (TPSA) is 29.1 Å². The van der Waals surface area contributed by atoms with Gasteiger partial charge in [-0.2, -0.15) is 0 Å². The molecule has 2 aliphatic rings. The zero-order valence-corrected chi connectivity index (χ0v) is 15.2. The lowest BCUT2D eigenvalue weighted by Crippen LogP contribution is -2.16. The molecule has 1 unspecified atom stereocenters. The number of hydrogen-bond acceptors (Lipinski definition) is 1. The standard InChI is InChI=1S/C24H27NO/c26-24(25-22-17-11-13-18-12-9-10-14-19(18)22)23-20-15-7-5-3-1-2-4-6-8-16-21(20)23/h3-6,9-14,17,20-21,23H,1-2,7-8,15-16H2,(H,25,26)/b5-3+,6-4+/t20-,21+,23?. The zero-order chi connectivity index (χ0) is 17.8. The van der Waals surface area contributed by atoms with Crippen LogP contribution in [0.25, 0.3) is 10.8 Å². The number of hydrogen-bond donors (Lipinski definition) is 1. The number of nitrogens with one attached hydrogen (secondary N) is 1. The van der Waals surface area contributed by atoms with E-state index in [9.17, 15) is 4.79 Å². The average molecular weight is 345 g/mol. The highest BCUT2D eigenvalue weighted by molar-refractivity contribution is 6.03. The predicted molar refractivity (Wildman–Crippen MR) is 109 cm³/mol. The molecule has 0 bridgehead atoms. The van der Waals surface area contributed by atoms with Crippen LogP contribution < -0.4 is 5.32 Å². The van der Waals surface area contributed by atoms with E-state index in [4.69, 9.17) is 0 Å². The van der Waals surface area contributed by atoms with Gasteiger partial charge in [-0.05, 0) is 61.8 Å². The summed E-state index contributed by atoms with van der Waals surface area (Å²) in [4.78, 5) is 13.0. The van der Waals surface area contributed by atoms with Crippen LogP contribution in [0.3, 0.4) is 0 Å². The van der Waals surface area contributed by atoms with Gasteiger partial charge in [-0.1, -0.05) is 60.7 Å². The Kier molecular flexibility index (Phi) is 5.19. The number of rotatable bonds is 2. The molecule has 26 heavy (non-hydrogen) atoms. The van der Waals surface area contributed by atoms with Crippen molar-refractivity contribution in [1.82, 2.24) is 0 Å². The van der Waals surface area contributed by atoms with Crippen molar-refractivity contribution in [3.05, 3.63) is 66.8 Å². The van der Waals surface area contributed by atoms with E-state index in [1.165, 1.54) is 5.39 Å². The van der Waals surface area contributed by atoms with Gasteiger partial charge in [0.1, 0.15) is 0 Å². The molecule has 0 aromatic heterocycles. The second kappa shape index (κ2) is 7.90.